The molecule has 2 aromatic carbocycles. The number of halogens is 2. The first kappa shape index (κ1) is 20.1. The molecule has 3 N–H and O–H groups in total. The minimum absolute atomic E-state index is 0.0924. The molecular weight excluding hydrogens is 404 g/mol. The zero-order chi connectivity index (χ0) is 20.6. The number of carbonyl (C=O) groups excluding carboxylic acids is 1. The molecule has 1 amide bonds. The minimum atomic E-state index is -3.96. The molecule has 6 nitrogen and oxygen atoms in total. The number of fused-ring (bicyclic) bond motifs is 1. The van der Waals surface area contributed by atoms with Crippen molar-refractivity contribution in [2.75, 3.05) is 7.11 Å². The first-order chi connectivity index (χ1) is 13.2. The summed E-state index contributed by atoms with van der Waals surface area (Å²) in [7, 11) is -2.75. The van der Waals surface area contributed by atoms with Crippen LogP contribution in [0.4, 0.5) is 4.39 Å². The number of nitrogens with one attached hydrogen (secondary N) is 1. The van der Waals surface area contributed by atoms with Crippen LogP contribution in [-0.2, 0) is 15.5 Å². The van der Waals surface area contributed by atoms with Crippen LogP contribution in [0, 0.1) is 24.1 Å². The van der Waals surface area contributed by atoms with Gasteiger partial charge < -0.3 is 15.2 Å². The largest absolute Gasteiger partial charge is 0.364 e. The van der Waals surface area contributed by atoms with E-state index in [1.807, 2.05) is 6.07 Å². The van der Waals surface area contributed by atoms with Crippen molar-refractivity contribution in [1.82, 2.24) is 4.98 Å². The van der Waals surface area contributed by atoms with E-state index in [4.69, 9.17) is 27.1 Å². The molecule has 0 aliphatic rings. The number of nitrogens with two attached hydrogens (primary N) is 1. The Morgan fingerprint density at radius 1 is 1.39 bits per heavy atom. The Hall–Kier alpha value is -2.65. The zero-order valence-corrected chi connectivity index (χ0v) is 16.7. The van der Waals surface area contributed by atoms with Crippen LogP contribution in [0.5, 0.6) is 0 Å². The maximum Gasteiger partial charge on any atom is 0.266 e. The Morgan fingerprint density at radius 2 is 2.11 bits per heavy atom. The second-order valence-electron chi connectivity index (χ2n) is 6.24. The first-order valence-electron chi connectivity index (χ1n) is 8.16. The molecule has 1 unspecified atom stereocenters. The third kappa shape index (κ3) is 3.20. The van der Waals surface area contributed by atoms with Gasteiger partial charge in [-0.1, -0.05) is 17.7 Å². The van der Waals surface area contributed by atoms with Gasteiger partial charge in [0.25, 0.3) is 13.3 Å². The molecule has 144 valence electrons. The number of aromatic nitrogens is 1. The fraction of sp³-hybridized carbons (Fsp3) is 0.158. The number of primary amides is 1. The standard InChI is InChI=1S/C19H16ClFN3O3P/c1-10-7-11(5-6-22)9-12(8-10)28(26,27-2)18-15-14(24-17(18)19(23)25)4-3-13(20)16(15)21/h3-4,7-9,24H,5H2,1-2H3,(H2,23,25). The average Bonchev–Trinajstić information content (AvgIpc) is 3.05. The van der Waals surface area contributed by atoms with Crippen molar-refractivity contribution in [2.24, 2.45) is 5.73 Å². The summed E-state index contributed by atoms with van der Waals surface area (Å²) in [5.74, 6) is -1.75. The van der Waals surface area contributed by atoms with Gasteiger partial charge in [0.2, 0.25) is 0 Å². The van der Waals surface area contributed by atoms with Gasteiger partial charge in [-0.15, -0.1) is 0 Å². The molecule has 0 fully saturated rings. The first-order valence-corrected chi connectivity index (χ1v) is 10.2. The maximum absolute atomic E-state index is 14.9. The van der Waals surface area contributed by atoms with E-state index >= 15 is 0 Å². The van der Waals surface area contributed by atoms with Crippen molar-refractivity contribution in [2.45, 2.75) is 13.3 Å². The quantitative estimate of drug-likeness (QED) is 0.618. The van der Waals surface area contributed by atoms with Crippen LogP contribution in [0.3, 0.4) is 0 Å². The van der Waals surface area contributed by atoms with Gasteiger partial charge in [0.05, 0.1) is 28.2 Å². The van der Waals surface area contributed by atoms with Gasteiger partial charge in [-0.3, -0.25) is 9.36 Å². The number of hydrogen-bond acceptors (Lipinski definition) is 4. The number of benzene rings is 2. The fourth-order valence-corrected chi connectivity index (χ4v) is 5.70. The predicted octanol–water partition coefficient (Wildman–Crippen LogP) is 3.31. The van der Waals surface area contributed by atoms with Gasteiger partial charge in [-0.2, -0.15) is 5.26 Å². The molecule has 0 saturated heterocycles. The molecule has 0 saturated carbocycles. The van der Waals surface area contributed by atoms with Crippen LogP contribution in [0.2, 0.25) is 5.02 Å². The number of amides is 1. The monoisotopic (exact) mass is 419 g/mol. The van der Waals surface area contributed by atoms with E-state index in [0.29, 0.717) is 5.56 Å². The Balaban J connectivity index is 2.43. The summed E-state index contributed by atoms with van der Waals surface area (Å²) in [6.07, 6.45) is 0.0924. The van der Waals surface area contributed by atoms with E-state index in [-0.39, 0.29) is 38.6 Å². The summed E-state index contributed by atoms with van der Waals surface area (Å²) in [5, 5.41) is 8.73. The van der Waals surface area contributed by atoms with Crippen LogP contribution in [0.25, 0.3) is 10.9 Å². The summed E-state index contributed by atoms with van der Waals surface area (Å²) in [5.41, 5.74) is 6.81. The van der Waals surface area contributed by atoms with Crippen LogP contribution < -0.4 is 16.3 Å². The number of aromatic amines is 1. The smallest absolute Gasteiger partial charge is 0.266 e. The molecule has 0 aliphatic heterocycles. The van der Waals surface area contributed by atoms with Crippen LogP contribution in [-0.4, -0.2) is 18.0 Å². The second-order valence-corrected chi connectivity index (χ2v) is 9.08. The topological polar surface area (TPSA) is 109 Å². The molecule has 0 spiro atoms. The Morgan fingerprint density at radius 3 is 2.71 bits per heavy atom. The molecule has 9 heteroatoms. The van der Waals surface area contributed by atoms with Gasteiger partial charge in [0.1, 0.15) is 5.69 Å². The number of carbonyl (C=O) groups is 1. The second kappa shape index (κ2) is 7.40. The van der Waals surface area contributed by atoms with E-state index in [9.17, 15) is 13.8 Å². The van der Waals surface area contributed by atoms with Crippen molar-refractivity contribution in [3.8, 4) is 6.07 Å². The fourth-order valence-electron chi connectivity index (χ4n) is 3.21. The van der Waals surface area contributed by atoms with Crippen molar-refractivity contribution in [3.05, 3.63) is 58.0 Å². The third-order valence-electron chi connectivity index (χ3n) is 4.37. The van der Waals surface area contributed by atoms with Crippen molar-refractivity contribution >= 4 is 46.4 Å². The maximum atomic E-state index is 14.9. The van der Waals surface area contributed by atoms with Gasteiger partial charge in [0.15, 0.2) is 5.82 Å². The Kier molecular flexibility index (Phi) is 5.31. The highest BCUT2D eigenvalue weighted by molar-refractivity contribution is 7.75. The molecular formula is C19H16ClFN3O3P. The van der Waals surface area contributed by atoms with Gasteiger partial charge >= 0.3 is 0 Å². The molecule has 0 bridgehead atoms. The lowest BCUT2D eigenvalue weighted by Gasteiger charge is -2.19. The van der Waals surface area contributed by atoms with E-state index in [1.54, 1.807) is 25.1 Å². The molecule has 0 radical (unpaired) electrons. The number of rotatable bonds is 5. The van der Waals surface area contributed by atoms with Crippen molar-refractivity contribution < 1.29 is 18.3 Å². The highest BCUT2D eigenvalue weighted by Crippen LogP contribution is 2.48. The summed E-state index contributed by atoms with van der Waals surface area (Å²) >= 11 is 5.91. The lowest BCUT2D eigenvalue weighted by molar-refractivity contribution is 0.0997. The average molecular weight is 420 g/mol. The third-order valence-corrected chi connectivity index (χ3v) is 7.15. The summed E-state index contributed by atoms with van der Waals surface area (Å²) in [4.78, 5) is 14.8. The number of nitriles is 1. The van der Waals surface area contributed by atoms with Gasteiger partial charge in [-0.25, -0.2) is 4.39 Å². The minimum Gasteiger partial charge on any atom is -0.364 e. The van der Waals surface area contributed by atoms with Gasteiger partial charge in [0, 0.05) is 17.9 Å². The number of nitrogens with zero attached hydrogens (tertiary/aromatic N) is 1. The van der Waals surface area contributed by atoms with Crippen molar-refractivity contribution in [1.29, 1.82) is 5.26 Å². The lowest BCUT2D eigenvalue weighted by Crippen LogP contribution is -2.26. The van der Waals surface area contributed by atoms with Crippen LogP contribution in [0.1, 0.15) is 21.6 Å². The number of H-pyrrole nitrogens is 1. The van der Waals surface area contributed by atoms with E-state index in [0.717, 1.165) is 5.56 Å². The highest BCUT2D eigenvalue weighted by atomic mass is 35.5. The molecule has 1 heterocycles. The number of aryl methyl sites for hydroxylation is 1. The zero-order valence-electron chi connectivity index (χ0n) is 15.0. The normalized spacial score (nSPS) is 13.2. The molecule has 3 rings (SSSR count). The molecule has 28 heavy (non-hydrogen) atoms. The summed E-state index contributed by atoms with van der Waals surface area (Å²) in [6.45, 7) is 1.77. The Labute approximate surface area is 165 Å². The molecule has 0 aliphatic carbocycles. The van der Waals surface area contributed by atoms with E-state index in [2.05, 4.69) is 4.98 Å². The van der Waals surface area contributed by atoms with Crippen molar-refractivity contribution in [3.63, 3.8) is 0 Å². The summed E-state index contributed by atoms with van der Waals surface area (Å²) in [6, 6.07) is 9.74. The Bertz CT molecular complexity index is 1200. The highest BCUT2D eigenvalue weighted by Gasteiger charge is 2.37. The number of hydrogen-bond donors (Lipinski definition) is 2. The van der Waals surface area contributed by atoms with Crippen LogP contribution >= 0.6 is 19.0 Å². The van der Waals surface area contributed by atoms with E-state index < -0.39 is 19.1 Å². The summed E-state index contributed by atoms with van der Waals surface area (Å²) < 4.78 is 34.3. The van der Waals surface area contributed by atoms with E-state index in [1.165, 1.54) is 19.2 Å². The van der Waals surface area contributed by atoms with Crippen LogP contribution in [0.15, 0.2) is 30.3 Å². The molecule has 3 aromatic rings. The SMILES string of the molecule is COP(=O)(c1cc(C)cc(CC#N)c1)c1c(C(N)=O)[nH]c2ccc(Cl)c(F)c12. The molecule has 1 atom stereocenters. The molecule has 1 aromatic heterocycles. The predicted molar refractivity (Wildman–Crippen MR) is 106 cm³/mol. The van der Waals surface area contributed by atoms with Gasteiger partial charge in [-0.05, 0) is 42.3 Å². The lowest BCUT2D eigenvalue weighted by atomic mass is 10.1.